The van der Waals surface area contributed by atoms with E-state index in [1.807, 2.05) is 0 Å². The summed E-state index contributed by atoms with van der Waals surface area (Å²) in [6.07, 6.45) is 0. The van der Waals surface area contributed by atoms with Crippen molar-refractivity contribution < 1.29 is 13.6 Å². The van der Waals surface area contributed by atoms with Gasteiger partial charge in [-0.3, -0.25) is 4.57 Å². The molecule has 1 radical (unpaired) electrons. The van der Waals surface area contributed by atoms with Crippen LogP contribution in [0.4, 0.5) is 0 Å². The fourth-order valence-corrected chi connectivity index (χ4v) is 5.09. The zero-order valence-corrected chi connectivity index (χ0v) is 10.8. The number of thioether (sulfide) groups is 2. The maximum atomic E-state index is 12.0. The quantitative estimate of drug-likeness (QED) is 0.702. The molecule has 0 aromatic heterocycles. The average Bonchev–Trinajstić information content (AvgIpc) is 2.57. The molecule has 81 valence electrons. The Hall–Kier alpha value is 0.590. The normalized spacial score (nSPS) is 17.4. The molecule has 0 amide bonds. The van der Waals surface area contributed by atoms with Crippen LogP contribution in [0.25, 0.3) is 0 Å². The van der Waals surface area contributed by atoms with Gasteiger partial charge in [0.15, 0.2) is 0 Å². The summed E-state index contributed by atoms with van der Waals surface area (Å²) in [4.78, 5) is 0. The van der Waals surface area contributed by atoms with E-state index in [0.29, 0.717) is 13.2 Å². The maximum absolute atomic E-state index is 12.0. The van der Waals surface area contributed by atoms with Gasteiger partial charge < -0.3 is 9.05 Å². The van der Waals surface area contributed by atoms with E-state index in [9.17, 15) is 4.57 Å². The van der Waals surface area contributed by atoms with Crippen LogP contribution in [-0.2, 0) is 13.6 Å². The minimum absolute atomic E-state index is 0.382. The zero-order valence-electron chi connectivity index (χ0n) is 8.32. The lowest BCUT2D eigenvalue weighted by atomic mass is 10.9. The van der Waals surface area contributed by atoms with Gasteiger partial charge in [-0.25, -0.2) is 0 Å². The van der Waals surface area contributed by atoms with E-state index < -0.39 is 7.60 Å². The molecule has 0 saturated carbocycles. The molecule has 6 heteroatoms. The molecule has 1 saturated heterocycles. The van der Waals surface area contributed by atoms with E-state index in [4.69, 9.17) is 9.05 Å². The Balaban J connectivity index is 2.66. The van der Waals surface area contributed by atoms with Crippen LogP contribution in [0.1, 0.15) is 13.8 Å². The van der Waals surface area contributed by atoms with Crippen LogP contribution in [0, 0.1) is 5.82 Å². The van der Waals surface area contributed by atoms with Gasteiger partial charge in [-0.15, -0.1) is 23.5 Å². The highest BCUT2D eigenvalue weighted by Gasteiger charge is 2.24. The zero-order chi connectivity index (χ0) is 10.4. The fourth-order valence-electron chi connectivity index (χ4n) is 0.928. The van der Waals surface area contributed by atoms with Gasteiger partial charge in [0.1, 0.15) is 5.82 Å². The van der Waals surface area contributed by atoms with Crippen molar-refractivity contribution in [3.8, 4) is 0 Å². The van der Waals surface area contributed by atoms with Crippen molar-refractivity contribution in [1.29, 1.82) is 0 Å². The third-order valence-electron chi connectivity index (χ3n) is 1.38. The largest absolute Gasteiger partial charge is 0.363 e. The molecule has 3 nitrogen and oxygen atoms in total. The number of hydrogen-bond acceptors (Lipinski definition) is 5. The van der Waals surface area contributed by atoms with E-state index in [1.54, 1.807) is 37.4 Å². The van der Waals surface area contributed by atoms with Gasteiger partial charge in [0, 0.05) is 11.5 Å². The average molecular weight is 253 g/mol. The maximum Gasteiger partial charge on any atom is 0.363 e. The number of rotatable bonds is 5. The molecule has 0 atom stereocenters. The van der Waals surface area contributed by atoms with E-state index in [2.05, 4.69) is 5.82 Å². The fraction of sp³-hybridized carbons (Fsp3) is 0.750. The first-order chi connectivity index (χ1) is 6.70. The van der Waals surface area contributed by atoms with Crippen LogP contribution < -0.4 is 0 Å². The lowest BCUT2D eigenvalue weighted by Crippen LogP contribution is -1.93. The van der Waals surface area contributed by atoms with Gasteiger partial charge >= 0.3 is 7.60 Å². The van der Waals surface area contributed by atoms with E-state index in [-0.39, 0.29) is 0 Å². The monoisotopic (exact) mass is 253 g/mol. The van der Waals surface area contributed by atoms with Crippen LogP contribution in [0.15, 0.2) is 4.24 Å². The molecular weight excluding hydrogens is 239 g/mol. The molecular formula is C8H14O3PS2. The summed E-state index contributed by atoms with van der Waals surface area (Å²) < 4.78 is 23.1. The lowest BCUT2D eigenvalue weighted by molar-refractivity contribution is 0.227. The lowest BCUT2D eigenvalue weighted by Gasteiger charge is -2.12. The van der Waals surface area contributed by atoms with Crippen LogP contribution in [0.5, 0.6) is 0 Å². The molecule has 0 aliphatic carbocycles. The molecule has 1 heterocycles. The van der Waals surface area contributed by atoms with E-state index >= 15 is 0 Å². The predicted molar refractivity (Wildman–Crippen MR) is 62.5 cm³/mol. The molecule has 0 N–H and O–H groups in total. The standard InChI is InChI=1S/C8H14O3PS2/c1-3-10-12(9,11-4-2)7-8-13-5-6-14-8/h3-6H2,1-2H3. The van der Waals surface area contributed by atoms with Gasteiger partial charge in [-0.05, 0) is 13.8 Å². The van der Waals surface area contributed by atoms with Crippen molar-refractivity contribution in [3.63, 3.8) is 0 Å². The Morgan fingerprint density at radius 1 is 1.29 bits per heavy atom. The first kappa shape index (κ1) is 12.7. The van der Waals surface area contributed by atoms with Crippen molar-refractivity contribution in [3.05, 3.63) is 10.1 Å². The Labute approximate surface area is 93.5 Å². The Morgan fingerprint density at radius 2 is 1.79 bits per heavy atom. The molecule has 0 spiro atoms. The minimum atomic E-state index is -3.10. The summed E-state index contributed by atoms with van der Waals surface area (Å²) >= 11 is 3.31. The number of hydrogen-bond donors (Lipinski definition) is 0. The summed E-state index contributed by atoms with van der Waals surface area (Å²) in [6, 6.07) is 0. The molecule has 1 aliphatic rings. The predicted octanol–water partition coefficient (Wildman–Crippen LogP) is 3.33. The SMILES string of the molecule is CCOP(=O)([C]=C1SCCS1)OCC. The second-order valence-corrected chi connectivity index (χ2v) is 6.63. The third kappa shape index (κ3) is 3.99. The van der Waals surface area contributed by atoms with Crippen LogP contribution >= 0.6 is 31.1 Å². The van der Waals surface area contributed by atoms with Gasteiger partial charge in [0.05, 0.1) is 17.5 Å². The second kappa shape index (κ2) is 6.23. The molecule has 1 rings (SSSR count). The molecule has 1 aliphatic heterocycles. The van der Waals surface area contributed by atoms with Crippen LogP contribution in [-0.4, -0.2) is 24.7 Å². The van der Waals surface area contributed by atoms with Crippen molar-refractivity contribution in [2.75, 3.05) is 24.7 Å². The Bertz CT molecular complexity index is 237. The third-order valence-corrected chi connectivity index (χ3v) is 5.88. The summed E-state index contributed by atoms with van der Waals surface area (Å²) in [5.74, 6) is 4.94. The van der Waals surface area contributed by atoms with Gasteiger partial charge in [-0.2, -0.15) is 0 Å². The van der Waals surface area contributed by atoms with Crippen molar-refractivity contribution in [2.45, 2.75) is 13.8 Å². The smallest absolute Gasteiger partial charge is 0.305 e. The molecule has 1 fully saturated rings. The van der Waals surface area contributed by atoms with Crippen LogP contribution in [0.2, 0.25) is 0 Å². The van der Waals surface area contributed by atoms with Gasteiger partial charge in [-0.1, -0.05) is 0 Å². The van der Waals surface area contributed by atoms with E-state index in [1.165, 1.54) is 0 Å². The molecule has 0 aromatic carbocycles. The summed E-state index contributed by atoms with van der Waals surface area (Å²) in [5.41, 5.74) is 0. The molecule has 14 heavy (non-hydrogen) atoms. The molecule has 0 bridgehead atoms. The van der Waals surface area contributed by atoms with E-state index in [0.717, 1.165) is 15.7 Å². The van der Waals surface area contributed by atoms with Gasteiger partial charge in [0.2, 0.25) is 0 Å². The highest BCUT2D eigenvalue weighted by molar-refractivity contribution is 8.25. The van der Waals surface area contributed by atoms with Gasteiger partial charge in [0.25, 0.3) is 0 Å². The summed E-state index contributed by atoms with van der Waals surface area (Å²) in [7, 11) is -3.10. The first-order valence-corrected chi connectivity index (χ1v) is 8.01. The minimum Gasteiger partial charge on any atom is -0.305 e. The van der Waals surface area contributed by atoms with Crippen molar-refractivity contribution in [1.82, 2.24) is 0 Å². The summed E-state index contributed by atoms with van der Waals surface area (Å²) in [5, 5.41) is 0. The summed E-state index contributed by atoms with van der Waals surface area (Å²) in [6.45, 7) is 4.36. The first-order valence-electron chi connectivity index (χ1n) is 4.50. The van der Waals surface area contributed by atoms with Crippen molar-refractivity contribution >= 4 is 31.1 Å². The van der Waals surface area contributed by atoms with Crippen LogP contribution in [0.3, 0.4) is 0 Å². The molecule has 0 aromatic rings. The Kier molecular flexibility index (Phi) is 5.64. The topological polar surface area (TPSA) is 35.5 Å². The highest BCUT2D eigenvalue weighted by Crippen LogP contribution is 2.53. The second-order valence-electron chi connectivity index (χ2n) is 2.43. The van der Waals surface area contributed by atoms with Crippen molar-refractivity contribution in [2.24, 2.45) is 0 Å². The highest BCUT2D eigenvalue weighted by atomic mass is 32.2. The molecule has 0 unspecified atom stereocenters. The Morgan fingerprint density at radius 3 is 2.21 bits per heavy atom.